The maximum absolute atomic E-state index is 11.6. The molecule has 2 N–H and O–H groups in total. The number of amides is 1. The van der Waals surface area contributed by atoms with E-state index in [0.29, 0.717) is 15.7 Å². The Morgan fingerprint density at radius 3 is 2.71 bits per heavy atom. The predicted molar refractivity (Wildman–Crippen MR) is 73.0 cm³/mol. The first-order valence-corrected chi connectivity index (χ1v) is 6.27. The second kappa shape index (κ2) is 6.84. The van der Waals surface area contributed by atoms with Crippen molar-refractivity contribution in [2.45, 2.75) is 20.3 Å². The van der Waals surface area contributed by atoms with Gasteiger partial charge in [-0.25, -0.2) is 0 Å². The molecule has 0 radical (unpaired) electrons. The molecule has 1 amide bonds. The molecule has 0 aliphatic rings. The predicted octanol–water partition coefficient (Wildman–Crippen LogP) is 3.24. The zero-order valence-electron chi connectivity index (χ0n) is 9.94. The van der Waals surface area contributed by atoms with E-state index in [2.05, 4.69) is 10.6 Å². The lowest BCUT2D eigenvalue weighted by Gasteiger charge is -2.11. The van der Waals surface area contributed by atoms with Gasteiger partial charge in [0.1, 0.15) is 0 Å². The SMILES string of the molecule is CCCNCC(=O)Nc1c(Cl)ccc(C)c1Cl. The van der Waals surface area contributed by atoms with Gasteiger partial charge in [-0.05, 0) is 31.5 Å². The Morgan fingerprint density at radius 1 is 1.35 bits per heavy atom. The largest absolute Gasteiger partial charge is 0.322 e. The lowest BCUT2D eigenvalue weighted by atomic mass is 10.2. The van der Waals surface area contributed by atoms with Gasteiger partial charge in [-0.2, -0.15) is 0 Å². The van der Waals surface area contributed by atoms with Gasteiger partial charge in [0.05, 0.1) is 22.3 Å². The van der Waals surface area contributed by atoms with Crippen LogP contribution in [-0.4, -0.2) is 19.0 Å². The van der Waals surface area contributed by atoms with Gasteiger partial charge in [0.2, 0.25) is 5.91 Å². The van der Waals surface area contributed by atoms with Gasteiger partial charge < -0.3 is 10.6 Å². The summed E-state index contributed by atoms with van der Waals surface area (Å²) >= 11 is 12.1. The van der Waals surface area contributed by atoms with Crippen LogP contribution in [-0.2, 0) is 4.79 Å². The third-order valence-corrected chi connectivity index (χ3v) is 3.06. The van der Waals surface area contributed by atoms with E-state index in [9.17, 15) is 4.79 Å². The summed E-state index contributed by atoms with van der Waals surface area (Å²) < 4.78 is 0. The Bertz CT molecular complexity index is 408. The van der Waals surface area contributed by atoms with Gasteiger partial charge in [0.15, 0.2) is 0 Å². The smallest absolute Gasteiger partial charge is 0.238 e. The van der Waals surface area contributed by atoms with Crippen molar-refractivity contribution in [3.63, 3.8) is 0 Å². The second-order valence-electron chi connectivity index (χ2n) is 3.78. The van der Waals surface area contributed by atoms with Gasteiger partial charge in [-0.15, -0.1) is 0 Å². The van der Waals surface area contributed by atoms with E-state index in [1.165, 1.54) is 0 Å². The molecular formula is C12H16Cl2N2O. The lowest BCUT2D eigenvalue weighted by molar-refractivity contribution is -0.115. The number of halogens is 2. The van der Waals surface area contributed by atoms with E-state index in [0.717, 1.165) is 18.5 Å². The summed E-state index contributed by atoms with van der Waals surface area (Å²) in [6.07, 6.45) is 0.985. The first-order chi connectivity index (χ1) is 8.06. The Balaban J connectivity index is 2.68. The van der Waals surface area contributed by atoms with Crippen LogP contribution in [0, 0.1) is 6.92 Å². The van der Waals surface area contributed by atoms with Crippen LogP contribution in [0.3, 0.4) is 0 Å². The normalized spacial score (nSPS) is 10.4. The summed E-state index contributed by atoms with van der Waals surface area (Å²) in [6, 6.07) is 3.54. The highest BCUT2D eigenvalue weighted by Crippen LogP contribution is 2.32. The number of carbonyl (C=O) groups is 1. The highest BCUT2D eigenvalue weighted by Gasteiger charge is 2.11. The minimum atomic E-state index is -0.146. The fourth-order valence-corrected chi connectivity index (χ4v) is 1.80. The molecule has 0 fully saturated rings. The van der Waals surface area contributed by atoms with Crippen LogP contribution in [0.4, 0.5) is 5.69 Å². The van der Waals surface area contributed by atoms with E-state index < -0.39 is 0 Å². The van der Waals surface area contributed by atoms with Crippen molar-refractivity contribution >= 4 is 34.8 Å². The van der Waals surface area contributed by atoms with Gasteiger partial charge in [-0.3, -0.25) is 4.79 Å². The molecule has 94 valence electrons. The van der Waals surface area contributed by atoms with Gasteiger partial charge >= 0.3 is 0 Å². The van der Waals surface area contributed by atoms with Crippen molar-refractivity contribution in [3.05, 3.63) is 27.7 Å². The molecule has 1 aromatic carbocycles. The van der Waals surface area contributed by atoms with Crippen LogP contribution >= 0.6 is 23.2 Å². The maximum atomic E-state index is 11.6. The average Bonchev–Trinajstić information content (AvgIpc) is 2.30. The zero-order valence-corrected chi connectivity index (χ0v) is 11.5. The minimum Gasteiger partial charge on any atom is -0.322 e. The minimum absolute atomic E-state index is 0.146. The molecule has 0 saturated heterocycles. The molecule has 0 aromatic heterocycles. The number of nitrogens with one attached hydrogen (secondary N) is 2. The zero-order chi connectivity index (χ0) is 12.8. The van der Waals surface area contributed by atoms with Crippen LogP contribution in [0.2, 0.25) is 10.0 Å². The number of hydrogen-bond acceptors (Lipinski definition) is 2. The van der Waals surface area contributed by atoms with Gasteiger partial charge in [0.25, 0.3) is 0 Å². The van der Waals surface area contributed by atoms with E-state index >= 15 is 0 Å². The third-order valence-electron chi connectivity index (χ3n) is 2.26. The summed E-state index contributed by atoms with van der Waals surface area (Å²) in [5, 5.41) is 6.66. The molecule has 1 aromatic rings. The topological polar surface area (TPSA) is 41.1 Å². The highest BCUT2D eigenvalue weighted by molar-refractivity contribution is 6.40. The van der Waals surface area contributed by atoms with Crippen LogP contribution in [0.1, 0.15) is 18.9 Å². The molecule has 3 nitrogen and oxygen atoms in total. The van der Waals surface area contributed by atoms with E-state index in [1.54, 1.807) is 6.07 Å². The van der Waals surface area contributed by atoms with Crippen LogP contribution in [0.5, 0.6) is 0 Å². The lowest BCUT2D eigenvalue weighted by Crippen LogP contribution is -2.28. The van der Waals surface area contributed by atoms with Crippen molar-refractivity contribution in [1.82, 2.24) is 5.32 Å². The molecule has 1 rings (SSSR count). The fraction of sp³-hybridized carbons (Fsp3) is 0.417. The Labute approximate surface area is 111 Å². The number of hydrogen-bond donors (Lipinski definition) is 2. The Hall–Kier alpha value is -0.770. The van der Waals surface area contributed by atoms with Gasteiger partial charge in [-0.1, -0.05) is 36.2 Å². The number of rotatable bonds is 5. The molecule has 0 saturated carbocycles. The number of aryl methyl sites for hydroxylation is 1. The molecule has 0 heterocycles. The summed E-state index contributed by atoms with van der Waals surface area (Å²) in [5.74, 6) is -0.146. The average molecular weight is 275 g/mol. The molecular weight excluding hydrogens is 259 g/mol. The van der Waals surface area contributed by atoms with E-state index in [4.69, 9.17) is 23.2 Å². The molecule has 17 heavy (non-hydrogen) atoms. The molecule has 0 spiro atoms. The molecule has 5 heteroatoms. The summed E-state index contributed by atoms with van der Waals surface area (Å²) in [4.78, 5) is 11.6. The summed E-state index contributed by atoms with van der Waals surface area (Å²) in [5.41, 5.74) is 1.37. The number of benzene rings is 1. The van der Waals surface area contributed by atoms with Crippen LogP contribution < -0.4 is 10.6 Å². The molecule has 0 unspecified atom stereocenters. The van der Waals surface area contributed by atoms with E-state index in [1.807, 2.05) is 19.9 Å². The molecule has 0 atom stereocenters. The Morgan fingerprint density at radius 2 is 2.06 bits per heavy atom. The first kappa shape index (κ1) is 14.3. The van der Waals surface area contributed by atoms with Gasteiger partial charge in [0, 0.05) is 0 Å². The van der Waals surface area contributed by atoms with E-state index in [-0.39, 0.29) is 12.5 Å². The summed E-state index contributed by atoms with van der Waals surface area (Å²) in [7, 11) is 0. The second-order valence-corrected chi connectivity index (χ2v) is 4.56. The molecule has 0 aliphatic heterocycles. The van der Waals surface area contributed by atoms with Crippen molar-refractivity contribution in [2.75, 3.05) is 18.4 Å². The van der Waals surface area contributed by atoms with Crippen molar-refractivity contribution < 1.29 is 4.79 Å². The van der Waals surface area contributed by atoms with Crippen molar-refractivity contribution in [2.24, 2.45) is 0 Å². The Kier molecular flexibility index (Phi) is 5.75. The number of anilines is 1. The quantitative estimate of drug-likeness (QED) is 0.810. The highest BCUT2D eigenvalue weighted by atomic mass is 35.5. The fourth-order valence-electron chi connectivity index (χ4n) is 1.33. The monoisotopic (exact) mass is 274 g/mol. The first-order valence-electron chi connectivity index (χ1n) is 5.51. The van der Waals surface area contributed by atoms with Crippen LogP contribution in [0.15, 0.2) is 12.1 Å². The maximum Gasteiger partial charge on any atom is 0.238 e. The molecule has 0 bridgehead atoms. The van der Waals surface area contributed by atoms with Crippen molar-refractivity contribution in [1.29, 1.82) is 0 Å². The number of carbonyl (C=O) groups excluding carboxylic acids is 1. The third kappa shape index (κ3) is 4.19. The molecule has 0 aliphatic carbocycles. The standard InChI is InChI=1S/C12H16Cl2N2O/c1-3-6-15-7-10(17)16-12-9(13)5-4-8(2)11(12)14/h4-5,15H,3,6-7H2,1-2H3,(H,16,17). The summed E-state index contributed by atoms with van der Waals surface area (Å²) in [6.45, 7) is 4.97. The van der Waals surface area contributed by atoms with Crippen LogP contribution in [0.25, 0.3) is 0 Å². The van der Waals surface area contributed by atoms with Crippen molar-refractivity contribution in [3.8, 4) is 0 Å².